The summed E-state index contributed by atoms with van der Waals surface area (Å²) >= 11 is 0. The molecule has 0 radical (unpaired) electrons. The lowest BCUT2D eigenvalue weighted by molar-refractivity contribution is -0.124. The van der Waals surface area contributed by atoms with Gasteiger partial charge in [0.15, 0.2) is 0 Å². The van der Waals surface area contributed by atoms with Crippen molar-refractivity contribution >= 4 is 11.6 Å². The minimum atomic E-state index is -0.129. The number of hydrogen-bond donors (Lipinski definition) is 1. The van der Waals surface area contributed by atoms with Gasteiger partial charge in [0.2, 0.25) is 5.91 Å². The lowest BCUT2D eigenvalue weighted by atomic mass is 9.86. The molecule has 1 aromatic heterocycles. The van der Waals surface area contributed by atoms with E-state index in [-0.39, 0.29) is 11.3 Å². The summed E-state index contributed by atoms with van der Waals surface area (Å²) in [6.45, 7) is 2.63. The van der Waals surface area contributed by atoms with E-state index in [0.717, 1.165) is 38.2 Å². The fourth-order valence-corrected chi connectivity index (χ4v) is 2.75. The number of aryl methyl sites for hydroxylation is 1. The van der Waals surface area contributed by atoms with E-state index >= 15 is 0 Å². The first-order valence-corrected chi connectivity index (χ1v) is 5.73. The average Bonchev–Trinajstić information content (AvgIpc) is 2.94. The van der Waals surface area contributed by atoms with Crippen LogP contribution in [-0.4, -0.2) is 35.3 Å². The van der Waals surface area contributed by atoms with Crippen molar-refractivity contribution < 1.29 is 4.79 Å². The zero-order valence-corrected chi connectivity index (χ0v) is 9.44. The van der Waals surface area contributed by atoms with Crippen LogP contribution in [0.4, 0.5) is 5.69 Å². The number of nitrogens with zero attached hydrogens (tertiary/aromatic N) is 3. The third kappa shape index (κ3) is 1.28. The van der Waals surface area contributed by atoms with Crippen molar-refractivity contribution in [1.29, 1.82) is 0 Å². The summed E-state index contributed by atoms with van der Waals surface area (Å²) in [4.78, 5) is 14.3. The highest BCUT2D eigenvalue weighted by Crippen LogP contribution is 2.39. The van der Waals surface area contributed by atoms with Crippen LogP contribution in [0, 0.1) is 5.41 Å². The molecule has 0 saturated carbocycles. The molecule has 3 heterocycles. The van der Waals surface area contributed by atoms with Crippen LogP contribution in [-0.2, 0) is 11.8 Å². The van der Waals surface area contributed by atoms with Crippen molar-refractivity contribution in [2.75, 3.05) is 24.5 Å². The molecule has 0 aliphatic carbocycles. The SMILES string of the molecule is Cn1cc(N2CC[C@]3(CCNC3)C2=O)cn1. The Morgan fingerprint density at radius 2 is 2.38 bits per heavy atom. The third-order valence-corrected chi connectivity index (χ3v) is 3.76. The van der Waals surface area contributed by atoms with E-state index in [4.69, 9.17) is 0 Å². The summed E-state index contributed by atoms with van der Waals surface area (Å²) in [6, 6.07) is 0. The van der Waals surface area contributed by atoms with Crippen LogP contribution in [0.15, 0.2) is 12.4 Å². The third-order valence-electron chi connectivity index (χ3n) is 3.76. The van der Waals surface area contributed by atoms with E-state index in [1.165, 1.54) is 0 Å². The van der Waals surface area contributed by atoms with Gasteiger partial charge >= 0.3 is 0 Å². The highest BCUT2D eigenvalue weighted by Gasteiger charge is 2.48. The monoisotopic (exact) mass is 220 g/mol. The van der Waals surface area contributed by atoms with Gasteiger partial charge in [-0.05, 0) is 19.4 Å². The molecule has 0 unspecified atom stereocenters. The second-order valence-corrected chi connectivity index (χ2v) is 4.79. The van der Waals surface area contributed by atoms with Crippen molar-refractivity contribution in [3.63, 3.8) is 0 Å². The molecule has 0 aromatic carbocycles. The zero-order valence-electron chi connectivity index (χ0n) is 9.44. The fourth-order valence-electron chi connectivity index (χ4n) is 2.75. The molecule has 2 fully saturated rings. The molecule has 5 heteroatoms. The highest BCUT2D eigenvalue weighted by atomic mass is 16.2. The predicted octanol–water partition coefficient (Wildman–Crippen LogP) is 0.136. The number of aromatic nitrogens is 2. The second kappa shape index (κ2) is 3.31. The van der Waals surface area contributed by atoms with E-state index in [1.807, 2.05) is 18.1 Å². The van der Waals surface area contributed by atoms with Crippen molar-refractivity contribution in [2.45, 2.75) is 12.8 Å². The molecule has 5 nitrogen and oxygen atoms in total. The van der Waals surface area contributed by atoms with Crippen molar-refractivity contribution in [3.8, 4) is 0 Å². The molecule has 1 amide bonds. The van der Waals surface area contributed by atoms with Crippen LogP contribution in [0.3, 0.4) is 0 Å². The fraction of sp³-hybridized carbons (Fsp3) is 0.636. The molecule has 86 valence electrons. The Bertz CT molecular complexity index is 419. The lowest BCUT2D eigenvalue weighted by Gasteiger charge is -2.20. The maximum Gasteiger partial charge on any atom is 0.234 e. The zero-order chi connectivity index (χ0) is 11.2. The minimum Gasteiger partial charge on any atom is -0.316 e. The largest absolute Gasteiger partial charge is 0.316 e. The Morgan fingerprint density at radius 3 is 3.00 bits per heavy atom. The van der Waals surface area contributed by atoms with Crippen LogP contribution >= 0.6 is 0 Å². The number of nitrogens with one attached hydrogen (secondary N) is 1. The van der Waals surface area contributed by atoms with Crippen LogP contribution in [0.1, 0.15) is 12.8 Å². The number of amides is 1. The van der Waals surface area contributed by atoms with Crippen LogP contribution in [0.25, 0.3) is 0 Å². The molecule has 1 N–H and O–H groups in total. The summed E-state index contributed by atoms with van der Waals surface area (Å²) < 4.78 is 1.74. The molecule has 1 atom stereocenters. The Morgan fingerprint density at radius 1 is 1.50 bits per heavy atom. The van der Waals surface area contributed by atoms with E-state index in [1.54, 1.807) is 10.9 Å². The van der Waals surface area contributed by atoms with Gasteiger partial charge in [-0.25, -0.2) is 0 Å². The second-order valence-electron chi connectivity index (χ2n) is 4.79. The molecule has 2 saturated heterocycles. The molecular weight excluding hydrogens is 204 g/mol. The summed E-state index contributed by atoms with van der Waals surface area (Å²) in [5, 5.41) is 7.41. The number of carbonyl (C=O) groups is 1. The maximum atomic E-state index is 12.4. The standard InChI is InChI=1S/C11H16N4O/c1-14-7-9(6-13-14)15-5-3-11(10(15)16)2-4-12-8-11/h6-7,12H,2-5,8H2,1H3/t11-/m0/s1. The first-order chi connectivity index (χ1) is 7.71. The number of hydrogen-bond acceptors (Lipinski definition) is 3. The van der Waals surface area contributed by atoms with Gasteiger partial charge in [-0.2, -0.15) is 5.10 Å². The van der Waals surface area contributed by atoms with Gasteiger partial charge in [0.25, 0.3) is 0 Å². The van der Waals surface area contributed by atoms with Crippen LogP contribution < -0.4 is 10.2 Å². The van der Waals surface area contributed by atoms with E-state index < -0.39 is 0 Å². The van der Waals surface area contributed by atoms with E-state index in [0.29, 0.717) is 0 Å². The molecule has 16 heavy (non-hydrogen) atoms. The van der Waals surface area contributed by atoms with Crippen LogP contribution in [0.2, 0.25) is 0 Å². The average molecular weight is 220 g/mol. The highest BCUT2D eigenvalue weighted by molar-refractivity contribution is 6.00. The Kier molecular flexibility index (Phi) is 2.04. The number of carbonyl (C=O) groups excluding carboxylic acids is 1. The molecule has 0 bridgehead atoms. The molecule has 2 aliphatic heterocycles. The van der Waals surface area contributed by atoms with E-state index in [9.17, 15) is 4.79 Å². The van der Waals surface area contributed by atoms with Gasteiger partial charge in [-0.1, -0.05) is 0 Å². The molecular formula is C11H16N4O. The smallest absolute Gasteiger partial charge is 0.234 e. The molecule has 2 aliphatic rings. The number of rotatable bonds is 1. The normalized spacial score (nSPS) is 29.6. The molecule has 3 rings (SSSR count). The molecule has 1 spiro atoms. The Balaban J connectivity index is 1.87. The van der Waals surface area contributed by atoms with Crippen molar-refractivity contribution in [1.82, 2.24) is 15.1 Å². The minimum absolute atomic E-state index is 0.129. The quantitative estimate of drug-likeness (QED) is 0.732. The maximum absolute atomic E-state index is 12.4. The summed E-state index contributed by atoms with van der Waals surface area (Å²) in [6.07, 6.45) is 5.61. The van der Waals surface area contributed by atoms with Gasteiger partial charge in [0, 0.05) is 26.3 Å². The molecule has 1 aromatic rings. The Labute approximate surface area is 94.4 Å². The van der Waals surface area contributed by atoms with Gasteiger partial charge in [-0.15, -0.1) is 0 Å². The summed E-state index contributed by atoms with van der Waals surface area (Å²) in [5.74, 6) is 0.269. The van der Waals surface area contributed by atoms with Crippen LogP contribution in [0.5, 0.6) is 0 Å². The van der Waals surface area contributed by atoms with Gasteiger partial charge < -0.3 is 10.2 Å². The van der Waals surface area contributed by atoms with Crippen molar-refractivity contribution in [2.24, 2.45) is 12.5 Å². The summed E-state index contributed by atoms with van der Waals surface area (Å²) in [7, 11) is 1.87. The Hall–Kier alpha value is -1.36. The predicted molar refractivity (Wildman–Crippen MR) is 60.1 cm³/mol. The van der Waals surface area contributed by atoms with E-state index in [2.05, 4.69) is 10.4 Å². The lowest BCUT2D eigenvalue weighted by Crippen LogP contribution is -2.36. The van der Waals surface area contributed by atoms with Gasteiger partial charge in [0.05, 0.1) is 17.3 Å². The summed E-state index contributed by atoms with van der Waals surface area (Å²) in [5.41, 5.74) is 0.798. The first kappa shape index (κ1) is 9.84. The van der Waals surface area contributed by atoms with Crippen molar-refractivity contribution in [3.05, 3.63) is 12.4 Å². The number of anilines is 1. The van der Waals surface area contributed by atoms with Gasteiger partial charge in [0.1, 0.15) is 0 Å². The topological polar surface area (TPSA) is 50.2 Å². The van der Waals surface area contributed by atoms with Gasteiger partial charge in [-0.3, -0.25) is 9.48 Å². The first-order valence-electron chi connectivity index (χ1n) is 5.73.